The molecule has 1 amide bonds. The molecule has 0 bridgehead atoms. The molecule has 120 valence electrons. The van der Waals surface area contributed by atoms with Crippen molar-refractivity contribution in [1.29, 1.82) is 0 Å². The van der Waals surface area contributed by atoms with Gasteiger partial charge in [0.1, 0.15) is 13.2 Å². The summed E-state index contributed by atoms with van der Waals surface area (Å²) in [5, 5.41) is 11.2. The Hall–Kier alpha value is -2.24. The number of carbonyl (C=O) groups excluding carboxylic acids is 1. The number of fused-ring (bicyclic) bond motifs is 1. The van der Waals surface area contributed by atoms with Crippen molar-refractivity contribution in [1.82, 2.24) is 5.32 Å². The summed E-state index contributed by atoms with van der Waals surface area (Å²) in [5.41, 5.74) is 1.11. The molecular formula is C16H21NO5. The van der Waals surface area contributed by atoms with Crippen LogP contribution in [0.15, 0.2) is 18.2 Å². The van der Waals surface area contributed by atoms with Gasteiger partial charge in [0, 0.05) is 19.4 Å². The SMILES string of the molecule is O=C(O)CCCNC(=O)CCCc1ccc2c(c1)OCCO2. The van der Waals surface area contributed by atoms with E-state index in [1.165, 1.54) is 0 Å². The fraction of sp³-hybridized carbons (Fsp3) is 0.500. The number of benzene rings is 1. The standard InChI is InChI=1S/C16H21NO5/c18-15(17-8-2-5-16(19)20)4-1-3-12-6-7-13-14(11-12)22-10-9-21-13/h6-7,11H,1-5,8-10H2,(H,17,18)(H,19,20). The number of carboxylic acid groups (broad SMARTS) is 1. The molecule has 0 atom stereocenters. The number of hydrogen-bond donors (Lipinski definition) is 2. The van der Waals surface area contributed by atoms with E-state index >= 15 is 0 Å². The van der Waals surface area contributed by atoms with Crippen molar-refractivity contribution in [2.75, 3.05) is 19.8 Å². The van der Waals surface area contributed by atoms with Gasteiger partial charge in [0.15, 0.2) is 11.5 Å². The molecule has 1 heterocycles. The van der Waals surface area contributed by atoms with Gasteiger partial charge in [-0.15, -0.1) is 0 Å². The molecule has 2 rings (SSSR count). The zero-order chi connectivity index (χ0) is 15.8. The van der Waals surface area contributed by atoms with E-state index in [1.807, 2.05) is 18.2 Å². The summed E-state index contributed by atoms with van der Waals surface area (Å²) >= 11 is 0. The summed E-state index contributed by atoms with van der Waals surface area (Å²) in [6.07, 6.45) is 2.51. The van der Waals surface area contributed by atoms with Gasteiger partial charge in [-0.25, -0.2) is 0 Å². The number of nitrogens with one attached hydrogen (secondary N) is 1. The number of rotatable bonds is 8. The summed E-state index contributed by atoms with van der Waals surface area (Å²) < 4.78 is 11.0. The van der Waals surface area contributed by atoms with E-state index in [-0.39, 0.29) is 12.3 Å². The lowest BCUT2D eigenvalue weighted by Gasteiger charge is -2.18. The van der Waals surface area contributed by atoms with Crippen molar-refractivity contribution in [3.63, 3.8) is 0 Å². The van der Waals surface area contributed by atoms with Gasteiger partial charge < -0.3 is 19.9 Å². The average Bonchev–Trinajstić information content (AvgIpc) is 2.51. The van der Waals surface area contributed by atoms with Gasteiger partial charge in [0.05, 0.1) is 0 Å². The van der Waals surface area contributed by atoms with E-state index < -0.39 is 5.97 Å². The monoisotopic (exact) mass is 307 g/mol. The molecule has 0 saturated carbocycles. The maximum absolute atomic E-state index is 11.6. The van der Waals surface area contributed by atoms with E-state index in [0.29, 0.717) is 32.6 Å². The third-order valence-corrected chi connectivity index (χ3v) is 3.37. The highest BCUT2D eigenvalue weighted by Gasteiger charge is 2.11. The molecule has 22 heavy (non-hydrogen) atoms. The number of hydrogen-bond acceptors (Lipinski definition) is 4. The Bertz CT molecular complexity index is 529. The Morgan fingerprint density at radius 2 is 1.86 bits per heavy atom. The van der Waals surface area contributed by atoms with Crippen molar-refractivity contribution in [3.8, 4) is 11.5 Å². The Labute approximate surface area is 129 Å². The number of aryl methyl sites for hydroxylation is 1. The summed E-state index contributed by atoms with van der Waals surface area (Å²) in [5.74, 6) is 0.656. The number of carboxylic acids is 1. The highest BCUT2D eigenvalue weighted by molar-refractivity contribution is 5.75. The van der Waals surface area contributed by atoms with Crippen LogP contribution in [0.2, 0.25) is 0 Å². The summed E-state index contributed by atoms with van der Waals surface area (Å²) in [4.78, 5) is 22.0. The molecular weight excluding hydrogens is 286 g/mol. The van der Waals surface area contributed by atoms with Crippen LogP contribution in [0, 0.1) is 0 Å². The minimum atomic E-state index is -0.840. The van der Waals surface area contributed by atoms with Crippen LogP contribution in [0.4, 0.5) is 0 Å². The second-order valence-electron chi connectivity index (χ2n) is 5.18. The molecule has 6 heteroatoms. The lowest BCUT2D eigenvalue weighted by atomic mass is 10.1. The minimum absolute atomic E-state index is 0.0390. The van der Waals surface area contributed by atoms with Gasteiger partial charge in [-0.2, -0.15) is 0 Å². The van der Waals surface area contributed by atoms with Crippen LogP contribution < -0.4 is 14.8 Å². The first-order valence-electron chi connectivity index (χ1n) is 7.52. The summed E-state index contributed by atoms with van der Waals surface area (Å²) in [7, 11) is 0. The third kappa shape index (κ3) is 5.27. The first-order valence-corrected chi connectivity index (χ1v) is 7.52. The third-order valence-electron chi connectivity index (χ3n) is 3.37. The molecule has 0 aliphatic carbocycles. The molecule has 1 aromatic carbocycles. The van der Waals surface area contributed by atoms with Crippen LogP contribution in [0.5, 0.6) is 11.5 Å². The van der Waals surface area contributed by atoms with Crippen LogP contribution in [-0.4, -0.2) is 36.7 Å². The second kappa shape index (κ2) is 8.26. The Kier molecular flexibility index (Phi) is 6.06. The number of aliphatic carboxylic acids is 1. The van der Waals surface area contributed by atoms with E-state index in [4.69, 9.17) is 14.6 Å². The van der Waals surface area contributed by atoms with E-state index in [0.717, 1.165) is 29.9 Å². The average molecular weight is 307 g/mol. The Morgan fingerprint density at radius 3 is 2.64 bits per heavy atom. The van der Waals surface area contributed by atoms with Crippen LogP contribution in [0.1, 0.15) is 31.2 Å². The van der Waals surface area contributed by atoms with Crippen molar-refractivity contribution >= 4 is 11.9 Å². The Morgan fingerprint density at radius 1 is 1.09 bits per heavy atom. The maximum atomic E-state index is 11.6. The van der Waals surface area contributed by atoms with Crippen LogP contribution in [-0.2, 0) is 16.0 Å². The van der Waals surface area contributed by atoms with Gasteiger partial charge >= 0.3 is 5.97 Å². The highest BCUT2D eigenvalue weighted by atomic mass is 16.6. The van der Waals surface area contributed by atoms with Gasteiger partial charge in [-0.1, -0.05) is 6.07 Å². The highest BCUT2D eigenvalue weighted by Crippen LogP contribution is 2.31. The molecule has 6 nitrogen and oxygen atoms in total. The fourth-order valence-electron chi connectivity index (χ4n) is 2.25. The predicted octanol–water partition coefficient (Wildman–Crippen LogP) is 1.76. The minimum Gasteiger partial charge on any atom is -0.486 e. The van der Waals surface area contributed by atoms with Gasteiger partial charge in [0.2, 0.25) is 5.91 Å². The normalized spacial score (nSPS) is 12.7. The van der Waals surface area contributed by atoms with E-state index in [1.54, 1.807) is 0 Å². The summed E-state index contributed by atoms with van der Waals surface area (Å²) in [6, 6.07) is 5.84. The van der Waals surface area contributed by atoms with Gasteiger partial charge in [0.25, 0.3) is 0 Å². The first-order chi connectivity index (χ1) is 10.6. The molecule has 0 spiro atoms. The number of carbonyl (C=O) groups is 2. The lowest BCUT2D eigenvalue weighted by Crippen LogP contribution is -2.24. The molecule has 1 aliphatic heterocycles. The van der Waals surface area contributed by atoms with Crippen molar-refractivity contribution in [3.05, 3.63) is 23.8 Å². The maximum Gasteiger partial charge on any atom is 0.303 e. The van der Waals surface area contributed by atoms with E-state index in [9.17, 15) is 9.59 Å². The van der Waals surface area contributed by atoms with Crippen LogP contribution in [0.3, 0.4) is 0 Å². The molecule has 0 aromatic heterocycles. The van der Waals surface area contributed by atoms with Crippen molar-refractivity contribution in [2.24, 2.45) is 0 Å². The van der Waals surface area contributed by atoms with Gasteiger partial charge in [-0.3, -0.25) is 9.59 Å². The van der Waals surface area contributed by atoms with Crippen molar-refractivity contribution in [2.45, 2.75) is 32.1 Å². The van der Waals surface area contributed by atoms with Crippen LogP contribution in [0.25, 0.3) is 0 Å². The van der Waals surface area contributed by atoms with Crippen molar-refractivity contribution < 1.29 is 24.2 Å². The zero-order valence-electron chi connectivity index (χ0n) is 12.5. The number of ether oxygens (including phenoxy) is 2. The first kappa shape index (κ1) is 16.1. The van der Waals surface area contributed by atoms with E-state index in [2.05, 4.69) is 5.32 Å². The topological polar surface area (TPSA) is 84.9 Å². The molecule has 2 N–H and O–H groups in total. The molecule has 0 radical (unpaired) electrons. The van der Waals surface area contributed by atoms with Gasteiger partial charge in [-0.05, 0) is 37.0 Å². The smallest absolute Gasteiger partial charge is 0.303 e. The Balaban J connectivity index is 1.65. The number of amides is 1. The quantitative estimate of drug-likeness (QED) is 0.715. The fourth-order valence-corrected chi connectivity index (χ4v) is 2.25. The molecule has 0 fully saturated rings. The predicted molar refractivity (Wildman–Crippen MR) is 80.2 cm³/mol. The molecule has 1 aliphatic rings. The second-order valence-corrected chi connectivity index (χ2v) is 5.18. The largest absolute Gasteiger partial charge is 0.486 e. The molecule has 0 unspecified atom stereocenters. The molecule has 0 saturated heterocycles. The summed E-state index contributed by atoms with van der Waals surface area (Å²) in [6.45, 7) is 1.55. The lowest BCUT2D eigenvalue weighted by molar-refractivity contribution is -0.137. The zero-order valence-corrected chi connectivity index (χ0v) is 12.5. The molecule has 1 aromatic rings. The van der Waals surface area contributed by atoms with Crippen LogP contribution >= 0.6 is 0 Å².